The van der Waals surface area contributed by atoms with Gasteiger partial charge in [0.05, 0.1) is 0 Å². The SMILES string of the molecule is CN1C[C@H]2CN(C(=O)CCc3cccc(F)c3)C[C@H]2[C@@H]1c1ccccc1.Cl. The summed E-state index contributed by atoms with van der Waals surface area (Å²) in [6, 6.07) is 17.6. The predicted molar refractivity (Wildman–Crippen MR) is 107 cm³/mol. The highest BCUT2D eigenvalue weighted by atomic mass is 35.5. The molecule has 0 aliphatic carbocycles. The first kappa shape index (κ1) is 19.8. The maximum Gasteiger partial charge on any atom is 0.222 e. The smallest absolute Gasteiger partial charge is 0.222 e. The number of rotatable bonds is 4. The molecule has 4 rings (SSSR count). The highest BCUT2D eigenvalue weighted by molar-refractivity contribution is 5.85. The molecule has 0 bridgehead atoms. The van der Waals surface area contributed by atoms with Crippen molar-refractivity contribution in [3.63, 3.8) is 0 Å². The molecule has 0 unspecified atom stereocenters. The number of amides is 1. The number of halogens is 2. The van der Waals surface area contributed by atoms with E-state index in [9.17, 15) is 9.18 Å². The Morgan fingerprint density at radius 2 is 1.85 bits per heavy atom. The van der Waals surface area contributed by atoms with E-state index in [0.29, 0.717) is 30.7 Å². The van der Waals surface area contributed by atoms with E-state index in [-0.39, 0.29) is 24.1 Å². The zero-order valence-electron chi connectivity index (χ0n) is 15.6. The van der Waals surface area contributed by atoms with Gasteiger partial charge in [-0.2, -0.15) is 0 Å². The van der Waals surface area contributed by atoms with Gasteiger partial charge in [0, 0.05) is 38.0 Å². The monoisotopic (exact) mass is 388 g/mol. The third-order valence-electron chi connectivity index (χ3n) is 5.90. The summed E-state index contributed by atoms with van der Waals surface area (Å²) in [5.74, 6) is 1.00. The van der Waals surface area contributed by atoms with E-state index in [1.54, 1.807) is 6.07 Å². The number of hydrogen-bond acceptors (Lipinski definition) is 2. The van der Waals surface area contributed by atoms with Crippen LogP contribution in [0.15, 0.2) is 54.6 Å². The van der Waals surface area contributed by atoms with Gasteiger partial charge < -0.3 is 4.90 Å². The zero-order chi connectivity index (χ0) is 18.1. The molecule has 0 N–H and O–H groups in total. The van der Waals surface area contributed by atoms with Gasteiger partial charge in [-0.3, -0.25) is 9.69 Å². The summed E-state index contributed by atoms with van der Waals surface area (Å²) in [7, 11) is 2.19. The summed E-state index contributed by atoms with van der Waals surface area (Å²) < 4.78 is 13.3. The van der Waals surface area contributed by atoms with Crippen molar-refractivity contribution in [2.45, 2.75) is 18.9 Å². The Bertz CT molecular complexity index is 785. The van der Waals surface area contributed by atoms with E-state index in [1.807, 2.05) is 17.0 Å². The summed E-state index contributed by atoms with van der Waals surface area (Å²) in [5.41, 5.74) is 2.23. The van der Waals surface area contributed by atoms with E-state index in [2.05, 4.69) is 36.2 Å². The number of likely N-dealkylation sites (tertiary alicyclic amines) is 2. The highest BCUT2D eigenvalue weighted by Gasteiger charge is 2.46. The topological polar surface area (TPSA) is 23.6 Å². The lowest BCUT2D eigenvalue weighted by molar-refractivity contribution is -0.130. The van der Waals surface area contributed by atoms with Crippen LogP contribution >= 0.6 is 12.4 Å². The average Bonchev–Trinajstić information content (AvgIpc) is 3.17. The fourth-order valence-electron chi connectivity index (χ4n) is 4.72. The molecule has 2 aromatic carbocycles. The van der Waals surface area contributed by atoms with Gasteiger partial charge in [-0.05, 0) is 42.6 Å². The van der Waals surface area contributed by atoms with Crippen molar-refractivity contribution in [2.75, 3.05) is 26.7 Å². The van der Waals surface area contributed by atoms with E-state index < -0.39 is 0 Å². The molecular weight excluding hydrogens is 363 g/mol. The second-order valence-corrected chi connectivity index (χ2v) is 7.65. The third-order valence-corrected chi connectivity index (χ3v) is 5.90. The lowest BCUT2D eigenvalue weighted by Gasteiger charge is -2.27. The van der Waals surface area contributed by atoms with Gasteiger partial charge in [0.2, 0.25) is 5.91 Å². The van der Waals surface area contributed by atoms with E-state index >= 15 is 0 Å². The Kier molecular flexibility index (Phi) is 6.18. The number of benzene rings is 2. The van der Waals surface area contributed by atoms with Crippen molar-refractivity contribution in [1.82, 2.24) is 9.80 Å². The molecular formula is C22H26ClFN2O. The van der Waals surface area contributed by atoms with Gasteiger partial charge in [-0.1, -0.05) is 42.5 Å². The zero-order valence-corrected chi connectivity index (χ0v) is 16.4. The Labute approximate surface area is 166 Å². The predicted octanol–water partition coefficient (Wildman–Crippen LogP) is 3.94. The highest BCUT2D eigenvalue weighted by Crippen LogP contribution is 2.44. The first-order chi connectivity index (χ1) is 12.6. The average molecular weight is 389 g/mol. The van der Waals surface area contributed by atoms with Crippen LogP contribution in [-0.4, -0.2) is 42.4 Å². The van der Waals surface area contributed by atoms with Crippen LogP contribution in [0.3, 0.4) is 0 Å². The fraction of sp³-hybridized carbons (Fsp3) is 0.409. The molecule has 2 aliphatic rings. The summed E-state index contributed by atoms with van der Waals surface area (Å²) in [5, 5.41) is 0. The first-order valence-electron chi connectivity index (χ1n) is 9.39. The lowest BCUT2D eigenvalue weighted by Crippen LogP contribution is -2.33. The normalized spacial score (nSPS) is 24.5. The summed E-state index contributed by atoms with van der Waals surface area (Å²) in [6.45, 7) is 2.72. The largest absolute Gasteiger partial charge is 0.342 e. The van der Waals surface area contributed by atoms with Crippen molar-refractivity contribution in [3.8, 4) is 0 Å². The van der Waals surface area contributed by atoms with Crippen LogP contribution in [0.4, 0.5) is 4.39 Å². The molecule has 2 fully saturated rings. The summed E-state index contributed by atoms with van der Waals surface area (Å²) in [4.78, 5) is 17.1. The lowest BCUT2D eigenvalue weighted by atomic mass is 9.90. The van der Waals surface area contributed by atoms with Crippen LogP contribution in [0.25, 0.3) is 0 Å². The van der Waals surface area contributed by atoms with Crippen molar-refractivity contribution in [3.05, 3.63) is 71.5 Å². The van der Waals surface area contributed by atoms with E-state index in [4.69, 9.17) is 0 Å². The van der Waals surface area contributed by atoms with Crippen molar-refractivity contribution < 1.29 is 9.18 Å². The maximum absolute atomic E-state index is 13.3. The number of aryl methyl sites for hydroxylation is 1. The second kappa shape index (κ2) is 8.41. The molecule has 2 aliphatic heterocycles. The number of carbonyl (C=O) groups excluding carboxylic acids is 1. The molecule has 2 heterocycles. The molecule has 3 nitrogen and oxygen atoms in total. The minimum Gasteiger partial charge on any atom is -0.342 e. The van der Waals surface area contributed by atoms with Gasteiger partial charge in [-0.15, -0.1) is 12.4 Å². The van der Waals surface area contributed by atoms with Crippen molar-refractivity contribution >= 4 is 18.3 Å². The molecule has 0 saturated carbocycles. The third kappa shape index (κ3) is 4.17. The Hall–Kier alpha value is -1.91. The number of hydrogen-bond donors (Lipinski definition) is 0. The van der Waals surface area contributed by atoms with Crippen LogP contribution in [0.2, 0.25) is 0 Å². The van der Waals surface area contributed by atoms with Gasteiger partial charge in [0.1, 0.15) is 5.82 Å². The molecule has 5 heteroatoms. The van der Waals surface area contributed by atoms with Gasteiger partial charge >= 0.3 is 0 Å². The molecule has 144 valence electrons. The van der Waals surface area contributed by atoms with Crippen LogP contribution in [0.5, 0.6) is 0 Å². The molecule has 0 aromatic heterocycles. The minimum atomic E-state index is -0.237. The van der Waals surface area contributed by atoms with Crippen molar-refractivity contribution in [1.29, 1.82) is 0 Å². The summed E-state index contributed by atoms with van der Waals surface area (Å²) >= 11 is 0. The van der Waals surface area contributed by atoms with Gasteiger partial charge in [-0.25, -0.2) is 4.39 Å². The molecule has 0 radical (unpaired) electrons. The number of fused-ring (bicyclic) bond motifs is 1. The quantitative estimate of drug-likeness (QED) is 0.792. The summed E-state index contributed by atoms with van der Waals surface area (Å²) in [6.07, 6.45) is 1.05. The van der Waals surface area contributed by atoms with E-state index in [1.165, 1.54) is 17.7 Å². The molecule has 1 amide bonds. The van der Waals surface area contributed by atoms with Crippen LogP contribution in [0, 0.1) is 17.7 Å². The Balaban J connectivity index is 0.00000210. The molecule has 2 aromatic rings. The number of carbonyl (C=O) groups is 1. The molecule has 0 spiro atoms. The van der Waals surface area contributed by atoms with Crippen LogP contribution < -0.4 is 0 Å². The number of nitrogens with zero attached hydrogens (tertiary/aromatic N) is 2. The minimum absolute atomic E-state index is 0. The van der Waals surface area contributed by atoms with Crippen LogP contribution in [0.1, 0.15) is 23.6 Å². The first-order valence-corrected chi connectivity index (χ1v) is 9.39. The molecule has 2 saturated heterocycles. The van der Waals surface area contributed by atoms with Gasteiger partial charge in [0.15, 0.2) is 0 Å². The van der Waals surface area contributed by atoms with E-state index in [0.717, 1.165) is 25.2 Å². The fourth-order valence-corrected chi connectivity index (χ4v) is 4.72. The maximum atomic E-state index is 13.3. The van der Waals surface area contributed by atoms with Gasteiger partial charge in [0.25, 0.3) is 0 Å². The Morgan fingerprint density at radius 3 is 2.59 bits per heavy atom. The Morgan fingerprint density at radius 1 is 1.07 bits per heavy atom. The van der Waals surface area contributed by atoms with Crippen LogP contribution in [-0.2, 0) is 11.2 Å². The molecule has 27 heavy (non-hydrogen) atoms. The second-order valence-electron chi connectivity index (χ2n) is 7.65. The molecule has 3 atom stereocenters. The van der Waals surface area contributed by atoms with Crippen molar-refractivity contribution in [2.24, 2.45) is 11.8 Å². The standard InChI is InChI=1S/C22H25FN2O.ClH/c1-24-13-18-14-25(15-20(18)22(24)17-7-3-2-4-8-17)21(26)11-10-16-6-5-9-19(23)12-16;/h2-9,12,18,20,22H,10-11,13-15H2,1H3;1H/t18-,20+,22-;/m0./s1.